The minimum absolute atomic E-state index is 0.134. The number of nitrogens with one attached hydrogen (secondary N) is 1. The second-order valence-electron chi connectivity index (χ2n) is 5.80. The molecule has 0 aliphatic carbocycles. The van der Waals surface area contributed by atoms with Crippen molar-refractivity contribution in [2.75, 3.05) is 7.11 Å². The average molecular weight is 471 g/mol. The minimum atomic E-state index is -0.541. The SMILES string of the molecule is COc1cc(/C=N\NC(=O)c2ccccc2Br)ccc1Oc1ccc([N+](=O)[O-])cn1. The van der Waals surface area contributed by atoms with Crippen LogP contribution in [0.1, 0.15) is 15.9 Å². The van der Waals surface area contributed by atoms with Gasteiger partial charge < -0.3 is 9.47 Å². The van der Waals surface area contributed by atoms with Crippen molar-refractivity contribution in [2.24, 2.45) is 5.10 Å². The highest BCUT2D eigenvalue weighted by Gasteiger charge is 2.11. The maximum atomic E-state index is 12.2. The Morgan fingerprint density at radius 3 is 2.67 bits per heavy atom. The van der Waals surface area contributed by atoms with Crippen molar-refractivity contribution in [1.82, 2.24) is 10.4 Å². The van der Waals surface area contributed by atoms with E-state index < -0.39 is 4.92 Å². The summed E-state index contributed by atoms with van der Waals surface area (Å²) in [7, 11) is 1.47. The molecule has 0 fully saturated rings. The standard InChI is InChI=1S/C20H15BrN4O5/c1-29-18-10-13(11-23-24-20(26)15-4-2-3-5-16(15)21)6-8-17(18)30-19-9-7-14(12-22-19)25(27)28/h2-12H,1H3,(H,24,26)/b23-11-. The number of amides is 1. The molecule has 0 spiro atoms. The maximum absolute atomic E-state index is 12.2. The van der Waals surface area contributed by atoms with Crippen LogP contribution in [0.3, 0.4) is 0 Å². The number of hydrogen-bond acceptors (Lipinski definition) is 7. The molecule has 1 heterocycles. The van der Waals surface area contributed by atoms with Gasteiger partial charge in [-0.3, -0.25) is 14.9 Å². The molecule has 9 nitrogen and oxygen atoms in total. The van der Waals surface area contributed by atoms with E-state index in [4.69, 9.17) is 9.47 Å². The Morgan fingerprint density at radius 1 is 1.20 bits per heavy atom. The van der Waals surface area contributed by atoms with Crippen LogP contribution in [0.2, 0.25) is 0 Å². The van der Waals surface area contributed by atoms with E-state index in [1.807, 2.05) is 6.07 Å². The van der Waals surface area contributed by atoms with E-state index in [9.17, 15) is 14.9 Å². The zero-order valence-corrected chi connectivity index (χ0v) is 17.2. The van der Waals surface area contributed by atoms with Crippen molar-refractivity contribution in [3.63, 3.8) is 0 Å². The van der Waals surface area contributed by atoms with E-state index in [0.29, 0.717) is 27.1 Å². The van der Waals surface area contributed by atoms with Gasteiger partial charge in [-0.25, -0.2) is 10.4 Å². The molecule has 0 saturated carbocycles. The highest BCUT2D eigenvalue weighted by atomic mass is 79.9. The molecular weight excluding hydrogens is 456 g/mol. The van der Waals surface area contributed by atoms with Gasteiger partial charge in [0.05, 0.1) is 23.8 Å². The number of halogens is 1. The first-order chi connectivity index (χ1) is 14.5. The Labute approximate surface area is 179 Å². The molecule has 30 heavy (non-hydrogen) atoms. The van der Waals surface area contributed by atoms with E-state index in [2.05, 4.69) is 31.4 Å². The van der Waals surface area contributed by atoms with Crippen molar-refractivity contribution < 1.29 is 19.2 Å². The van der Waals surface area contributed by atoms with E-state index in [0.717, 1.165) is 6.20 Å². The smallest absolute Gasteiger partial charge is 0.287 e. The largest absolute Gasteiger partial charge is 0.493 e. The van der Waals surface area contributed by atoms with E-state index in [1.54, 1.807) is 36.4 Å². The summed E-state index contributed by atoms with van der Waals surface area (Å²) in [5.41, 5.74) is 3.44. The molecular formula is C20H15BrN4O5. The lowest BCUT2D eigenvalue weighted by molar-refractivity contribution is -0.385. The van der Waals surface area contributed by atoms with Gasteiger partial charge in [0.1, 0.15) is 6.20 Å². The van der Waals surface area contributed by atoms with Gasteiger partial charge in [-0.2, -0.15) is 5.10 Å². The van der Waals surface area contributed by atoms with Crippen LogP contribution in [0.15, 0.2) is 70.4 Å². The van der Waals surface area contributed by atoms with Crippen LogP contribution >= 0.6 is 15.9 Å². The van der Waals surface area contributed by atoms with Crippen LogP contribution in [0.4, 0.5) is 5.69 Å². The third-order valence-corrected chi connectivity index (χ3v) is 4.52. The maximum Gasteiger partial charge on any atom is 0.287 e. The van der Waals surface area contributed by atoms with E-state index >= 15 is 0 Å². The fourth-order valence-electron chi connectivity index (χ4n) is 2.37. The van der Waals surface area contributed by atoms with Crippen molar-refractivity contribution in [2.45, 2.75) is 0 Å². The topological polar surface area (TPSA) is 116 Å². The highest BCUT2D eigenvalue weighted by Crippen LogP contribution is 2.31. The summed E-state index contributed by atoms with van der Waals surface area (Å²) >= 11 is 3.32. The van der Waals surface area contributed by atoms with Gasteiger partial charge in [0.15, 0.2) is 11.5 Å². The third-order valence-electron chi connectivity index (χ3n) is 3.83. The first-order valence-electron chi connectivity index (χ1n) is 8.52. The van der Waals surface area contributed by atoms with Crippen molar-refractivity contribution in [1.29, 1.82) is 0 Å². The second kappa shape index (κ2) is 9.61. The Bertz CT molecular complexity index is 1100. The lowest BCUT2D eigenvalue weighted by Gasteiger charge is -2.10. The van der Waals surface area contributed by atoms with Crippen LogP contribution in [0.5, 0.6) is 17.4 Å². The van der Waals surface area contributed by atoms with Crippen LogP contribution in [-0.4, -0.2) is 29.1 Å². The number of rotatable bonds is 7. The zero-order valence-electron chi connectivity index (χ0n) is 15.6. The molecule has 0 aliphatic rings. The molecule has 2 aromatic carbocycles. The number of pyridine rings is 1. The lowest BCUT2D eigenvalue weighted by Crippen LogP contribution is -2.18. The van der Waals surface area contributed by atoms with Gasteiger partial charge in [-0.15, -0.1) is 0 Å². The number of aromatic nitrogens is 1. The zero-order chi connectivity index (χ0) is 21.5. The van der Waals surface area contributed by atoms with E-state index in [1.165, 1.54) is 25.5 Å². The van der Waals surface area contributed by atoms with Gasteiger partial charge in [0.2, 0.25) is 5.88 Å². The number of ether oxygens (including phenoxy) is 2. The van der Waals surface area contributed by atoms with Crippen molar-refractivity contribution in [3.8, 4) is 17.4 Å². The summed E-state index contributed by atoms with van der Waals surface area (Å²) in [5, 5.41) is 14.7. The molecule has 1 aromatic heterocycles. The molecule has 0 aliphatic heterocycles. The summed E-state index contributed by atoms with van der Waals surface area (Å²) in [6.45, 7) is 0. The Hall–Kier alpha value is -3.79. The number of carbonyl (C=O) groups is 1. The monoisotopic (exact) mass is 470 g/mol. The van der Waals surface area contributed by atoms with Crippen LogP contribution in [0.25, 0.3) is 0 Å². The second-order valence-corrected chi connectivity index (χ2v) is 6.66. The van der Waals surface area contributed by atoms with Gasteiger partial charge in [-0.05, 0) is 51.8 Å². The summed E-state index contributed by atoms with van der Waals surface area (Å²) in [4.78, 5) is 26.2. The van der Waals surface area contributed by atoms with Gasteiger partial charge in [0, 0.05) is 16.6 Å². The molecule has 0 saturated heterocycles. The lowest BCUT2D eigenvalue weighted by atomic mass is 10.2. The number of hydrogen-bond donors (Lipinski definition) is 1. The fourth-order valence-corrected chi connectivity index (χ4v) is 2.84. The molecule has 0 unspecified atom stereocenters. The quantitative estimate of drug-likeness (QED) is 0.312. The Balaban J connectivity index is 1.69. The molecule has 1 amide bonds. The first-order valence-corrected chi connectivity index (χ1v) is 9.31. The number of nitrogens with zero attached hydrogens (tertiary/aromatic N) is 3. The molecule has 3 rings (SSSR count). The molecule has 0 atom stereocenters. The van der Waals surface area contributed by atoms with Gasteiger partial charge >= 0.3 is 0 Å². The van der Waals surface area contributed by atoms with E-state index in [-0.39, 0.29) is 17.5 Å². The molecule has 3 aromatic rings. The highest BCUT2D eigenvalue weighted by molar-refractivity contribution is 9.10. The Kier molecular flexibility index (Phi) is 6.71. The number of methoxy groups -OCH3 is 1. The van der Waals surface area contributed by atoms with Crippen molar-refractivity contribution >= 4 is 33.7 Å². The van der Waals surface area contributed by atoms with Crippen LogP contribution in [-0.2, 0) is 0 Å². The summed E-state index contributed by atoms with van der Waals surface area (Å²) in [6.07, 6.45) is 2.57. The first kappa shape index (κ1) is 20.9. The predicted octanol–water partition coefficient (Wildman–Crippen LogP) is 4.32. The van der Waals surface area contributed by atoms with Crippen LogP contribution < -0.4 is 14.9 Å². The Morgan fingerprint density at radius 2 is 2.00 bits per heavy atom. The number of carbonyl (C=O) groups excluding carboxylic acids is 1. The van der Waals surface area contributed by atoms with Crippen molar-refractivity contribution in [3.05, 3.63) is 86.5 Å². The van der Waals surface area contributed by atoms with Crippen LogP contribution in [0, 0.1) is 10.1 Å². The summed E-state index contributed by atoms with van der Waals surface area (Å²) in [6, 6.07) is 14.7. The minimum Gasteiger partial charge on any atom is -0.493 e. The normalized spacial score (nSPS) is 10.6. The summed E-state index contributed by atoms with van der Waals surface area (Å²) < 4.78 is 11.6. The third kappa shape index (κ3) is 5.17. The summed E-state index contributed by atoms with van der Waals surface area (Å²) in [5.74, 6) is 0.598. The average Bonchev–Trinajstić information content (AvgIpc) is 2.75. The van der Waals surface area contributed by atoms with Gasteiger partial charge in [-0.1, -0.05) is 12.1 Å². The molecule has 1 N–H and O–H groups in total. The molecule has 0 radical (unpaired) electrons. The number of hydrazone groups is 1. The molecule has 10 heteroatoms. The molecule has 152 valence electrons. The fraction of sp³-hybridized carbons (Fsp3) is 0.0500. The number of nitro groups is 1. The predicted molar refractivity (Wildman–Crippen MR) is 113 cm³/mol. The number of benzene rings is 2. The molecule has 0 bridgehead atoms. The van der Waals surface area contributed by atoms with Gasteiger partial charge in [0.25, 0.3) is 11.6 Å².